The summed E-state index contributed by atoms with van der Waals surface area (Å²) in [5, 5.41) is 0. The Bertz CT molecular complexity index is 74.3. The van der Waals surface area contributed by atoms with Gasteiger partial charge in [0, 0.05) is 40.8 Å². The van der Waals surface area contributed by atoms with E-state index in [2.05, 4.69) is 69.2 Å². The molecule has 1 heterocycles. The molecule has 0 saturated carbocycles. The minimum absolute atomic E-state index is 0. The molecule has 0 unspecified atom stereocenters. The van der Waals surface area contributed by atoms with E-state index >= 15 is 0 Å². The Labute approximate surface area is 213 Å². The second-order valence-electron chi connectivity index (χ2n) is 2.67. The van der Waals surface area contributed by atoms with Crippen molar-refractivity contribution in [1.82, 2.24) is 0 Å². The predicted octanol–water partition coefficient (Wildman–Crippen LogP) is -1.66. The molecule has 1 saturated heterocycles. The average Bonchev–Trinajstić information content (AvgIpc) is 2.45. The molecule has 0 spiro atoms. The van der Waals surface area contributed by atoms with Crippen LogP contribution in [0.2, 0.25) is 0 Å². The topological polar surface area (TPSA) is 18.5 Å². The van der Waals surface area contributed by atoms with E-state index in [1.807, 2.05) is 0 Å². The molecular formula is C19H33Li2NdO2+2. The number of ether oxygens (including phenoxy) is 2. The van der Waals surface area contributed by atoms with Gasteiger partial charge in [-0.1, -0.05) is 0 Å². The van der Waals surface area contributed by atoms with Gasteiger partial charge in [-0.3, -0.25) is 0 Å². The zero-order valence-corrected chi connectivity index (χ0v) is 19.3. The second-order valence-corrected chi connectivity index (χ2v) is 2.67. The van der Waals surface area contributed by atoms with Gasteiger partial charge in [-0.15, -0.1) is 0 Å². The van der Waals surface area contributed by atoms with Crippen LogP contribution in [0.1, 0.15) is 0 Å². The van der Waals surface area contributed by atoms with Crippen LogP contribution in [0.25, 0.3) is 0 Å². The first kappa shape index (κ1) is 50.3. The molecule has 1 fully saturated rings. The molecule has 24 heavy (non-hydrogen) atoms. The first-order valence-electron chi connectivity index (χ1n) is 6.24. The molecule has 0 bridgehead atoms. The van der Waals surface area contributed by atoms with E-state index in [9.17, 15) is 0 Å². The smallest absolute Gasteiger partial charge is 0.377 e. The summed E-state index contributed by atoms with van der Waals surface area (Å²) in [5.74, 6) is 0. The first-order chi connectivity index (χ1) is 10.1. The Morgan fingerprint density at radius 3 is 0.542 bits per heavy atom. The van der Waals surface area contributed by atoms with Crippen molar-refractivity contribution in [1.29, 1.82) is 0 Å². The van der Waals surface area contributed by atoms with E-state index in [-0.39, 0.29) is 78.6 Å². The number of hydrogen-bond acceptors (Lipinski definition) is 2. The van der Waals surface area contributed by atoms with Gasteiger partial charge >= 0.3 is 37.7 Å². The summed E-state index contributed by atoms with van der Waals surface area (Å²) in [6.07, 6.45) is 7.50. The molecule has 1 aliphatic heterocycles. The van der Waals surface area contributed by atoms with Crippen molar-refractivity contribution in [2.75, 3.05) is 26.4 Å². The molecule has 0 aromatic carbocycles. The van der Waals surface area contributed by atoms with Crippen molar-refractivity contribution < 1.29 is 88.0 Å². The van der Waals surface area contributed by atoms with Crippen molar-refractivity contribution in [3.8, 4) is 0 Å². The van der Waals surface area contributed by atoms with Crippen molar-refractivity contribution in [2.45, 2.75) is 0 Å². The molecule has 0 N–H and O–H groups in total. The summed E-state index contributed by atoms with van der Waals surface area (Å²) >= 11 is 0. The van der Waals surface area contributed by atoms with Crippen molar-refractivity contribution in [3.63, 3.8) is 0 Å². The summed E-state index contributed by atoms with van der Waals surface area (Å²) in [6.45, 7) is 35.6. The average molecular weight is 452 g/mol. The Balaban J connectivity index is -0.0000000216. The second kappa shape index (κ2) is 84.1. The van der Waals surface area contributed by atoms with E-state index in [0.717, 1.165) is 26.4 Å². The van der Waals surface area contributed by atoms with Crippen LogP contribution in [0.3, 0.4) is 0 Å². The molecule has 0 aromatic heterocycles. The van der Waals surface area contributed by atoms with Gasteiger partial charge in [-0.2, -0.15) is 0 Å². The van der Waals surface area contributed by atoms with Crippen LogP contribution in [-0.4, -0.2) is 26.4 Å². The maximum atomic E-state index is 4.94. The fourth-order valence-electron chi connectivity index (χ4n) is 0.440. The first-order valence-corrected chi connectivity index (χ1v) is 6.24. The van der Waals surface area contributed by atoms with Crippen LogP contribution >= 0.6 is 0 Å². The summed E-state index contributed by atoms with van der Waals surface area (Å²) in [5.41, 5.74) is 0. The van der Waals surface area contributed by atoms with Crippen LogP contribution in [0.4, 0.5) is 0 Å². The molecule has 125 valence electrons. The molecule has 1 rings (SSSR count). The standard InChI is InChI=1S/C4H8O2.5C3H5.2Li.Nd/c1-2-6-4-3-5-1;5*1-3-2;;;/h1-4H2;5*3H,1-2H2;;;/q;;;;;;2*+1;. The fourth-order valence-corrected chi connectivity index (χ4v) is 0.440. The molecular weight excluding hydrogens is 418 g/mol. The number of rotatable bonds is 0. The summed E-state index contributed by atoms with van der Waals surface area (Å²) in [7, 11) is 0. The largest absolute Gasteiger partial charge is 1.00 e. The Hall–Kier alpha value is 2.47. The molecule has 15 radical (unpaired) electrons. The number of hydrogen-bond donors (Lipinski definition) is 0. The normalized spacial score (nSPS) is 9.75. The zero-order valence-electron chi connectivity index (χ0n) is 16.1. The minimum atomic E-state index is 0. The van der Waals surface area contributed by atoms with Crippen molar-refractivity contribution in [2.24, 2.45) is 0 Å². The van der Waals surface area contributed by atoms with Crippen LogP contribution in [0.5, 0.6) is 0 Å². The van der Waals surface area contributed by atoms with Gasteiger partial charge in [0.25, 0.3) is 0 Å². The summed E-state index contributed by atoms with van der Waals surface area (Å²) in [4.78, 5) is 0. The van der Waals surface area contributed by atoms with Crippen LogP contribution < -0.4 is 37.7 Å². The van der Waals surface area contributed by atoms with Crippen LogP contribution in [0, 0.1) is 142 Å². The van der Waals surface area contributed by atoms with Crippen LogP contribution in [-0.2, 0) is 9.47 Å². The van der Waals surface area contributed by atoms with E-state index < -0.39 is 0 Å². The quantitative estimate of drug-likeness (QED) is 0.411. The van der Waals surface area contributed by atoms with Crippen LogP contribution in [0.15, 0.2) is 0 Å². The molecule has 5 heteroatoms. The molecule has 2 nitrogen and oxygen atoms in total. The maximum absolute atomic E-state index is 4.94. The van der Waals surface area contributed by atoms with Gasteiger partial charge in [0.05, 0.1) is 26.4 Å². The third-order valence-corrected chi connectivity index (χ3v) is 0.744. The monoisotopic (exact) mass is 449 g/mol. The van der Waals surface area contributed by atoms with Gasteiger partial charge in [0.15, 0.2) is 0 Å². The molecule has 0 amide bonds. The predicted molar refractivity (Wildman–Crippen MR) is 96.7 cm³/mol. The summed E-state index contributed by atoms with van der Waals surface area (Å²) < 4.78 is 9.89. The Morgan fingerprint density at radius 1 is 0.417 bits per heavy atom. The van der Waals surface area contributed by atoms with Gasteiger partial charge in [0.2, 0.25) is 0 Å². The Kier molecular flexibility index (Phi) is 176. The summed E-state index contributed by atoms with van der Waals surface area (Å²) in [6, 6.07) is 0. The van der Waals surface area contributed by atoms with Crippen molar-refractivity contribution in [3.05, 3.63) is 101 Å². The molecule has 0 aromatic rings. The minimum Gasteiger partial charge on any atom is -0.377 e. The van der Waals surface area contributed by atoms with Gasteiger partial charge in [-0.05, 0) is 101 Å². The van der Waals surface area contributed by atoms with E-state index in [4.69, 9.17) is 9.47 Å². The zero-order chi connectivity index (χ0) is 17.8. The third-order valence-electron chi connectivity index (χ3n) is 0.744. The van der Waals surface area contributed by atoms with E-state index in [1.54, 1.807) is 0 Å². The van der Waals surface area contributed by atoms with E-state index in [1.165, 1.54) is 32.1 Å². The van der Waals surface area contributed by atoms with Crippen molar-refractivity contribution >= 4 is 0 Å². The van der Waals surface area contributed by atoms with Gasteiger partial charge < -0.3 is 9.47 Å². The SMILES string of the molecule is C1COCCO1.[CH2][CH][CH2].[CH2][CH][CH2].[CH2][CH][CH2].[CH2][CH][CH2].[CH2][CH][CH2].[Li+].[Li+].[Nd]. The maximum Gasteiger partial charge on any atom is 1.00 e. The molecule has 0 aliphatic carbocycles. The Morgan fingerprint density at radius 2 is 0.500 bits per heavy atom. The fraction of sp³-hybridized carbons (Fsp3) is 0.211. The van der Waals surface area contributed by atoms with E-state index in [0.29, 0.717) is 0 Å². The third kappa shape index (κ3) is 188. The van der Waals surface area contributed by atoms with Gasteiger partial charge in [0.1, 0.15) is 0 Å². The van der Waals surface area contributed by atoms with Gasteiger partial charge in [-0.25, -0.2) is 0 Å². The molecule has 0 atom stereocenters. The molecule has 1 aliphatic rings.